The number of ether oxygens (including phenoxy) is 1. The molecule has 166 valence electrons. The lowest BCUT2D eigenvalue weighted by atomic mass is 10.1. The van der Waals surface area contributed by atoms with Gasteiger partial charge in [0.1, 0.15) is 17.7 Å². The predicted octanol–water partition coefficient (Wildman–Crippen LogP) is 4.80. The number of imidazole rings is 1. The van der Waals surface area contributed by atoms with E-state index < -0.39 is 0 Å². The molecular weight excluding hydrogens is 414 g/mol. The van der Waals surface area contributed by atoms with Crippen LogP contribution >= 0.6 is 0 Å². The zero-order valence-corrected chi connectivity index (χ0v) is 18.6. The Labute approximate surface area is 192 Å². The van der Waals surface area contributed by atoms with Gasteiger partial charge < -0.3 is 19.5 Å². The molecule has 0 bridgehead atoms. The molecule has 0 spiro atoms. The van der Waals surface area contributed by atoms with E-state index in [4.69, 9.17) is 9.72 Å². The van der Waals surface area contributed by atoms with E-state index in [2.05, 4.69) is 10.3 Å². The number of nitrogens with zero attached hydrogens (tertiary/aromatic N) is 4. The first-order valence-electron chi connectivity index (χ1n) is 10.9. The summed E-state index contributed by atoms with van der Waals surface area (Å²) in [6.45, 7) is 4.51. The lowest BCUT2D eigenvalue weighted by Crippen LogP contribution is -2.32. The van der Waals surface area contributed by atoms with E-state index in [1.54, 1.807) is 18.0 Å². The summed E-state index contributed by atoms with van der Waals surface area (Å²) >= 11 is 0. The van der Waals surface area contributed by atoms with Crippen LogP contribution in [-0.4, -0.2) is 31.9 Å². The summed E-state index contributed by atoms with van der Waals surface area (Å²) in [6, 6.07) is 21.9. The van der Waals surface area contributed by atoms with Crippen molar-refractivity contribution < 1.29 is 9.53 Å². The van der Waals surface area contributed by atoms with Crippen LogP contribution in [0.1, 0.15) is 30.0 Å². The number of carbonyl (C=O) groups excluding carboxylic acids is 1. The van der Waals surface area contributed by atoms with E-state index in [0.29, 0.717) is 24.8 Å². The van der Waals surface area contributed by atoms with Crippen LogP contribution in [0.2, 0.25) is 0 Å². The quantitative estimate of drug-likeness (QED) is 0.494. The molecule has 0 saturated heterocycles. The van der Waals surface area contributed by atoms with Crippen molar-refractivity contribution in [3.63, 3.8) is 0 Å². The molecule has 7 nitrogen and oxygen atoms in total. The summed E-state index contributed by atoms with van der Waals surface area (Å²) in [4.78, 5) is 23.0. The maximum absolute atomic E-state index is 12.2. The fourth-order valence-electron chi connectivity index (χ4n) is 3.99. The van der Waals surface area contributed by atoms with Gasteiger partial charge in [-0.2, -0.15) is 4.98 Å². The van der Waals surface area contributed by atoms with Crippen LogP contribution in [0.5, 0.6) is 5.88 Å². The fraction of sp³-hybridized carbons (Fsp3) is 0.192. The topological polar surface area (TPSA) is 72.3 Å². The van der Waals surface area contributed by atoms with Gasteiger partial charge in [0, 0.05) is 36.3 Å². The van der Waals surface area contributed by atoms with Crippen molar-refractivity contribution in [2.24, 2.45) is 0 Å². The molecule has 0 fully saturated rings. The molecule has 1 N–H and O–H groups in total. The van der Waals surface area contributed by atoms with E-state index in [9.17, 15) is 4.79 Å². The van der Waals surface area contributed by atoms with Gasteiger partial charge in [-0.15, -0.1) is 0 Å². The highest BCUT2D eigenvalue weighted by molar-refractivity contribution is 5.73. The Kier molecular flexibility index (Phi) is 5.52. The van der Waals surface area contributed by atoms with Crippen molar-refractivity contribution >= 4 is 17.4 Å². The predicted molar refractivity (Wildman–Crippen MR) is 127 cm³/mol. The molecule has 1 atom stereocenters. The first kappa shape index (κ1) is 20.8. The van der Waals surface area contributed by atoms with Crippen molar-refractivity contribution in [1.29, 1.82) is 0 Å². The number of aromatic nitrogens is 3. The third-order valence-electron chi connectivity index (χ3n) is 5.80. The zero-order valence-electron chi connectivity index (χ0n) is 18.6. The number of rotatable bonds is 4. The minimum absolute atomic E-state index is 0.0165. The Morgan fingerprint density at radius 2 is 1.85 bits per heavy atom. The second-order valence-electron chi connectivity index (χ2n) is 8.09. The molecule has 0 radical (unpaired) electrons. The number of hydrogen-bond acceptors (Lipinski definition) is 5. The number of benzene rings is 2. The minimum atomic E-state index is -0.281. The summed E-state index contributed by atoms with van der Waals surface area (Å²) in [5.74, 6) is 2.18. The second kappa shape index (κ2) is 8.78. The number of carbonyl (C=O) groups is 1. The Balaban J connectivity index is 1.40. The van der Waals surface area contributed by atoms with Crippen molar-refractivity contribution in [2.75, 3.05) is 11.9 Å². The summed E-state index contributed by atoms with van der Waals surface area (Å²) in [6.07, 6.45) is 3.45. The molecule has 33 heavy (non-hydrogen) atoms. The highest BCUT2D eigenvalue weighted by Gasteiger charge is 2.26. The van der Waals surface area contributed by atoms with Gasteiger partial charge in [-0.1, -0.05) is 30.3 Å². The number of pyridine rings is 1. The number of amides is 1. The molecule has 1 amide bonds. The van der Waals surface area contributed by atoms with E-state index in [0.717, 1.165) is 28.3 Å². The third kappa shape index (κ3) is 4.43. The van der Waals surface area contributed by atoms with Crippen LogP contribution in [0.15, 0.2) is 79.1 Å². The standard InChI is InChI=1S/C26H25N5O2/c1-18-27-14-15-31(18)23-11-9-22(10-12-23)28-25-13-8-21-16-30(19(2)32)17-24(33-26(21)29-25)20-6-4-3-5-7-20/h3-15,24H,16-17H2,1-2H3,(H,28,29). The largest absolute Gasteiger partial charge is 0.467 e. The first-order chi connectivity index (χ1) is 16.1. The van der Waals surface area contributed by atoms with Crippen molar-refractivity contribution in [3.8, 4) is 11.6 Å². The SMILES string of the molecule is CC(=O)N1Cc2ccc(Nc3ccc(-n4ccnc4C)cc3)nc2OC(c2ccccc2)C1. The lowest BCUT2D eigenvalue weighted by molar-refractivity contribution is -0.130. The van der Waals surface area contributed by atoms with E-state index in [1.165, 1.54) is 0 Å². The van der Waals surface area contributed by atoms with Gasteiger partial charge in [-0.25, -0.2) is 4.98 Å². The molecule has 7 heteroatoms. The maximum atomic E-state index is 12.2. The monoisotopic (exact) mass is 439 g/mol. The Morgan fingerprint density at radius 3 is 2.55 bits per heavy atom. The number of fused-ring (bicyclic) bond motifs is 1. The van der Waals surface area contributed by atoms with Crippen LogP contribution in [0.4, 0.5) is 11.5 Å². The van der Waals surface area contributed by atoms with Gasteiger partial charge in [0.05, 0.1) is 13.1 Å². The van der Waals surface area contributed by atoms with Crippen LogP contribution < -0.4 is 10.1 Å². The average Bonchev–Trinajstić information content (AvgIpc) is 3.16. The van der Waals surface area contributed by atoms with Gasteiger partial charge in [-0.05, 0) is 48.9 Å². The first-order valence-corrected chi connectivity index (χ1v) is 10.9. The van der Waals surface area contributed by atoms with Crippen LogP contribution in [0.3, 0.4) is 0 Å². The lowest BCUT2D eigenvalue weighted by Gasteiger charge is -2.22. The van der Waals surface area contributed by atoms with Crippen LogP contribution in [0, 0.1) is 6.92 Å². The molecule has 3 heterocycles. The van der Waals surface area contributed by atoms with Crippen LogP contribution in [-0.2, 0) is 11.3 Å². The van der Waals surface area contributed by atoms with Crippen molar-refractivity contribution in [1.82, 2.24) is 19.4 Å². The number of anilines is 2. The average molecular weight is 440 g/mol. The molecule has 1 unspecified atom stereocenters. The Hall–Kier alpha value is -4.13. The highest BCUT2D eigenvalue weighted by Crippen LogP contribution is 2.31. The van der Waals surface area contributed by atoms with Gasteiger partial charge in [-0.3, -0.25) is 4.79 Å². The zero-order chi connectivity index (χ0) is 22.8. The summed E-state index contributed by atoms with van der Waals surface area (Å²) in [5.41, 5.74) is 3.87. The number of aryl methyl sites for hydroxylation is 1. The van der Waals surface area contributed by atoms with Crippen molar-refractivity contribution in [2.45, 2.75) is 26.5 Å². The van der Waals surface area contributed by atoms with Crippen molar-refractivity contribution in [3.05, 3.63) is 96.1 Å². The number of hydrogen-bond donors (Lipinski definition) is 1. The smallest absolute Gasteiger partial charge is 0.221 e. The van der Waals surface area contributed by atoms with Gasteiger partial charge in [0.15, 0.2) is 0 Å². The second-order valence-corrected chi connectivity index (χ2v) is 8.09. The molecule has 2 aromatic heterocycles. The Bertz CT molecular complexity index is 1270. The molecule has 1 aliphatic heterocycles. The molecule has 0 saturated carbocycles. The number of nitrogens with one attached hydrogen (secondary N) is 1. The fourth-order valence-corrected chi connectivity index (χ4v) is 3.99. The molecule has 4 aromatic rings. The normalized spacial score (nSPS) is 15.3. The summed E-state index contributed by atoms with van der Waals surface area (Å²) in [7, 11) is 0. The Morgan fingerprint density at radius 1 is 1.06 bits per heavy atom. The molecular formula is C26H25N5O2. The van der Waals surface area contributed by atoms with Gasteiger partial charge in [0.25, 0.3) is 0 Å². The van der Waals surface area contributed by atoms with Gasteiger partial charge >= 0.3 is 0 Å². The molecule has 2 aromatic carbocycles. The summed E-state index contributed by atoms with van der Waals surface area (Å²) in [5, 5.41) is 3.35. The molecule has 0 aliphatic carbocycles. The molecule has 5 rings (SSSR count). The summed E-state index contributed by atoms with van der Waals surface area (Å²) < 4.78 is 8.36. The van der Waals surface area contributed by atoms with Crippen LogP contribution in [0.25, 0.3) is 5.69 Å². The third-order valence-corrected chi connectivity index (χ3v) is 5.80. The maximum Gasteiger partial charge on any atom is 0.221 e. The van der Waals surface area contributed by atoms with Gasteiger partial charge in [0.2, 0.25) is 11.8 Å². The minimum Gasteiger partial charge on any atom is -0.467 e. The van der Waals surface area contributed by atoms with E-state index in [1.807, 2.05) is 84.4 Å². The molecule has 1 aliphatic rings. The van der Waals surface area contributed by atoms with E-state index in [-0.39, 0.29) is 12.0 Å². The van der Waals surface area contributed by atoms with E-state index >= 15 is 0 Å². The highest BCUT2D eigenvalue weighted by atomic mass is 16.5.